The normalized spacial score (nSPS) is 17.9. The zero-order valence-electron chi connectivity index (χ0n) is 18.0. The first-order chi connectivity index (χ1) is 16.0. The number of nitrogens with zero attached hydrogens (tertiary/aromatic N) is 5. The van der Waals surface area contributed by atoms with Crippen molar-refractivity contribution in [3.8, 4) is 17.1 Å². The Morgan fingerprint density at radius 1 is 1.18 bits per heavy atom. The van der Waals surface area contributed by atoms with E-state index in [0.717, 1.165) is 16.8 Å². The van der Waals surface area contributed by atoms with Gasteiger partial charge in [-0.3, -0.25) is 19.7 Å². The highest BCUT2D eigenvalue weighted by atomic mass is 16.5. The quantitative estimate of drug-likeness (QED) is 0.567. The lowest BCUT2D eigenvalue weighted by atomic mass is 10.0. The molecular formula is C23H22N6O4. The molecule has 1 aromatic carbocycles. The number of ether oxygens (including phenoxy) is 1. The van der Waals surface area contributed by atoms with E-state index in [1.165, 1.54) is 4.90 Å². The molecule has 1 unspecified atom stereocenters. The van der Waals surface area contributed by atoms with Crippen LogP contribution in [0, 0.1) is 0 Å². The van der Waals surface area contributed by atoms with Crippen LogP contribution in [0.5, 0.6) is 0 Å². The number of imide groups is 1. The van der Waals surface area contributed by atoms with Gasteiger partial charge in [-0.15, -0.1) is 5.10 Å². The number of hydrogen-bond acceptors (Lipinski definition) is 7. The highest BCUT2D eigenvalue weighted by Gasteiger charge is 2.39. The summed E-state index contributed by atoms with van der Waals surface area (Å²) in [6, 6.07) is 10.5. The van der Waals surface area contributed by atoms with Crippen molar-refractivity contribution in [1.82, 2.24) is 30.2 Å². The number of rotatable bonds is 6. The fraction of sp³-hybridized carbons (Fsp3) is 0.304. The van der Waals surface area contributed by atoms with Crippen LogP contribution in [0.1, 0.15) is 34.5 Å². The maximum atomic E-state index is 12.9. The predicted molar refractivity (Wildman–Crippen MR) is 116 cm³/mol. The fourth-order valence-corrected chi connectivity index (χ4v) is 4.18. The molecular weight excluding hydrogens is 424 g/mol. The monoisotopic (exact) mass is 446 g/mol. The molecule has 2 aromatic heterocycles. The van der Waals surface area contributed by atoms with E-state index in [0.29, 0.717) is 43.1 Å². The lowest BCUT2D eigenvalue weighted by molar-refractivity contribution is -0.136. The number of amides is 3. The van der Waals surface area contributed by atoms with Crippen LogP contribution in [-0.2, 0) is 27.3 Å². The molecule has 3 amide bonds. The summed E-state index contributed by atoms with van der Waals surface area (Å²) >= 11 is 0. The molecule has 0 spiro atoms. The Hall–Kier alpha value is -3.92. The number of benzene rings is 1. The van der Waals surface area contributed by atoms with Gasteiger partial charge in [-0.25, -0.2) is 9.67 Å². The first-order valence-electron chi connectivity index (χ1n) is 10.7. The molecule has 4 heterocycles. The summed E-state index contributed by atoms with van der Waals surface area (Å²) in [6.07, 6.45) is 3.06. The van der Waals surface area contributed by atoms with Gasteiger partial charge in [-0.05, 0) is 36.2 Å². The van der Waals surface area contributed by atoms with E-state index in [-0.39, 0.29) is 18.2 Å². The van der Waals surface area contributed by atoms with Crippen LogP contribution >= 0.6 is 0 Å². The van der Waals surface area contributed by atoms with Crippen LogP contribution < -0.4 is 5.32 Å². The lowest BCUT2D eigenvalue weighted by Gasteiger charge is -2.29. The average Bonchev–Trinajstić information content (AvgIpc) is 3.43. The summed E-state index contributed by atoms with van der Waals surface area (Å²) in [5.74, 6) is -0.269. The van der Waals surface area contributed by atoms with Crippen LogP contribution in [-0.4, -0.2) is 62.4 Å². The van der Waals surface area contributed by atoms with Crippen molar-refractivity contribution in [3.63, 3.8) is 0 Å². The average molecular weight is 446 g/mol. The molecule has 0 bridgehead atoms. The maximum absolute atomic E-state index is 12.9. The molecule has 2 aliphatic rings. The Labute approximate surface area is 189 Å². The highest BCUT2D eigenvalue weighted by Crippen LogP contribution is 2.30. The SMILES string of the molecule is COCCc1cccc(-n2cc(-c3ccc4c(c3)CN(C3CCC(=O)NC3=O)C4=O)nn2)n1. The zero-order valence-corrected chi connectivity index (χ0v) is 18.0. The van der Waals surface area contributed by atoms with Gasteiger partial charge in [0.2, 0.25) is 11.8 Å². The van der Waals surface area contributed by atoms with Crippen molar-refractivity contribution in [2.24, 2.45) is 0 Å². The number of carbonyl (C=O) groups excluding carboxylic acids is 3. The first-order valence-corrected chi connectivity index (χ1v) is 10.7. The third-order valence-corrected chi connectivity index (χ3v) is 5.90. The van der Waals surface area contributed by atoms with Crippen LogP contribution in [0.4, 0.5) is 0 Å². The summed E-state index contributed by atoms with van der Waals surface area (Å²) in [5.41, 5.74) is 3.73. The number of carbonyl (C=O) groups is 3. The molecule has 10 heteroatoms. The van der Waals surface area contributed by atoms with Crippen LogP contribution in [0.3, 0.4) is 0 Å². The second-order valence-electron chi connectivity index (χ2n) is 8.05. The van der Waals surface area contributed by atoms with E-state index >= 15 is 0 Å². The molecule has 5 rings (SSSR count). The van der Waals surface area contributed by atoms with E-state index in [2.05, 4.69) is 20.6 Å². The van der Waals surface area contributed by atoms with Gasteiger partial charge in [-0.2, -0.15) is 0 Å². The Kier molecular flexibility index (Phi) is 5.43. The van der Waals surface area contributed by atoms with E-state index in [1.54, 1.807) is 24.1 Å². The number of hydrogen-bond donors (Lipinski definition) is 1. The summed E-state index contributed by atoms with van der Waals surface area (Å²) in [6.45, 7) is 0.897. The third-order valence-electron chi connectivity index (χ3n) is 5.90. The predicted octanol–water partition coefficient (Wildman–Crippen LogP) is 1.28. The first kappa shape index (κ1) is 21.0. The minimum absolute atomic E-state index is 0.202. The largest absolute Gasteiger partial charge is 0.384 e. The van der Waals surface area contributed by atoms with Gasteiger partial charge in [0.15, 0.2) is 5.82 Å². The van der Waals surface area contributed by atoms with Gasteiger partial charge in [0.25, 0.3) is 5.91 Å². The van der Waals surface area contributed by atoms with Crippen molar-refractivity contribution in [2.45, 2.75) is 31.8 Å². The number of fused-ring (bicyclic) bond motifs is 1. The standard InChI is InChI=1S/C23H22N6O4/c1-33-10-9-16-3-2-4-20(24-16)29-13-18(26-27-29)14-5-6-17-15(11-14)12-28(23(17)32)19-7-8-21(30)25-22(19)31/h2-6,11,13,19H,7-10,12H2,1H3,(H,25,30,31). The van der Waals surface area contributed by atoms with Crippen molar-refractivity contribution in [2.75, 3.05) is 13.7 Å². The second kappa shape index (κ2) is 8.55. The number of nitrogens with one attached hydrogen (secondary N) is 1. The van der Waals surface area contributed by atoms with Crippen LogP contribution in [0.2, 0.25) is 0 Å². The molecule has 168 valence electrons. The van der Waals surface area contributed by atoms with E-state index < -0.39 is 11.9 Å². The Morgan fingerprint density at radius 3 is 2.88 bits per heavy atom. The molecule has 10 nitrogen and oxygen atoms in total. The van der Waals surface area contributed by atoms with Gasteiger partial charge in [0.05, 0.1) is 12.8 Å². The summed E-state index contributed by atoms with van der Waals surface area (Å²) in [5, 5.41) is 10.8. The maximum Gasteiger partial charge on any atom is 0.255 e. The Balaban J connectivity index is 1.37. The van der Waals surface area contributed by atoms with Gasteiger partial charge in [0.1, 0.15) is 11.7 Å². The number of pyridine rings is 1. The summed E-state index contributed by atoms with van der Waals surface area (Å²) in [7, 11) is 1.65. The summed E-state index contributed by atoms with van der Waals surface area (Å²) in [4.78, 5) is 42.7. The lowest BCUT2D eigenvalue weighted by Crippen LogP contribution is -2.52. The molecule has 0 aliphatic carbocycles. The molecule has 1 N–H and O–H groups in total. The Morgan fingerprint density at radius 2 is 2.06 bits per heavy atom. The molecule has 1 atom stereocenters. The molecule has 3 aromatic rings. The van der Waals surface area contributed by atoms with Crippen molar-refractivity contribution >= 4 is 17.7 Å². The highest BCUT2D eigenvalue weighted by molar-refractivity contribution is 6.05. The van der Waals surface area contributed by atoms with Crippen molar-refractivity contribution < 1.29 is 19.1 Å². The minimum Gasteiger partial charge on any atom is -0.384 e. The third kappa shape index (κ3) is 4.00. The van der Waals surface area contributed by atoms with E-state index in [1.807, 2.05) is 30.3 Å². The van der Waals surface area contributed by atoms with Crippen molar-refractivity contribution in [3.05, 3.63) is 59.4 Å². The number of aromatic nitrogens is 4. The van der Waals surface area contributed by atoms with Crippen molar-refractivity contribution in [1.29, 1.82) is 0 Å². The molecule has 0 radical (unpaired) electrons. The molecule has 33 heavy (non-hydrogen) atoms. The minimum atomic E-state index is -0.636. The molecule has 1 fully saturated rings. The van der Waals surface area contributed by atoms with Crippen LogP contribution in [0.25, 0.3) is 17.1 Å². The van der Waals surface area contributed by atoms with E-state index in [9.17, 15) is 14.4 Å². The van der Waals surface area contributed by atoms with E-state index in [4.69, 9.17) is 4.74 Å². The topological polar surface area (TPSA) is 119 Å². The van der Waals surface area contributed by atoms with Crippen LogP contribution in [0.15, 0.2) is 42.6 Å². The summed E-state index contributed by atoms with van der Waals surface area (Å²) < 4.78 is 6.73. The fourth-order valence-electron chi connectivity index (χ4n) is 4.18. The number of methoxy groups -OCH3 is 1. The Bertz CT molecular complexity index is 1250. The smallest absolute Gasteiger partial charge is 0.255 e. The zero-order chi connectivity index (χ0) is 22.9. The molecule has 2 aliphatic heterocycles. The van der Waals surface area contributed by atoms with Gasteiger partial charge < -0.3 is 9.64 Å². The molecule has 1 saturated heterocycles. The second-order valence-corrected chi connectivity index (χ2v) is 8.05. The molecule has 0 saturated carbocycles. The van der Waals surface area contributed by atoms with Gasteiger partial charge >= 0.3 is 0 Å². The number of piperidine rings is 1. The van der Waals surface area contributed by atoms with Gasteiger partial charge in [0, 0.05) is 43.3 Å². The van der Waals surface area contributed by atoms with Gasteiger partial charge in [-0.1, -0.05) is 17.3 Å².